The molecule has 0 spiro atoms. The van der Waals surface area contributed by atoms with E-state index < -0.39 is 64.3 Å². The molecule has 7 aromatic heterocycles. The quantitative estimate of drug-likeness (QED) is 0.0171. The Morgan fingerprint density at radius 1 is 0.515 bits per heavy atom. The highest BCUT2D eigenvalue weighted by molar-refractivity contribution is 14.1. The van der Waals surface area contributed by atoms with E-state index in [2.05, 4.69) is 61.8 Å². The van der Waals surface area contributed by atoms with E-state index in [1.807, 2.05) is 68.8 Å². The molecule has 0 bridgehead atoms. The van der Waals surface area contributed by atoms with Gasteiger partial charge in [-0.2, -0.15) is 41.1 Å². The predicted octanol–water partition coefficient (Wildman–Crippen LogP) is 19.8. The SMILES string of the molecule is COCCNC(=O)[C@H](C)NC(=O)c1ccc2[nH]nc(/C=C/c3cccc(F)c3)c2c1F.Cn1nc(/C=C/c2cccc(F)c2)c2c(F)c(C(=O)O)ccc21.Cn1nc(/C=C/c2cccc(F)c2)c2c(F)c(N)ccc21.Cn1nc(I)c2c(F)c(C#N)ccc21.N#Cc1ccc2n[nH]c(I)c2c1F.O=C(Cc1cccs1)Nc1ccc2[nH]nc(/C=C/c3cccc(F)c3)c2c1F. The molecular formula is C93H70F10I2N18O6S. The van der Waals surface area contributed by atoms with Gasteiger partial charge in [0.15, 0.2) is 23.3 Å². The van der Waals surface area contributed by atoms with Crippen molar-refractivity contribution in [2.75, 3.05) is 31.3 Å². The number of hydrogen-bond donors (Lipinski definition) is 8. The Morgan fingerprint density at radius 3 is 1.48 bits per heavy atom. The number of carboxylic acid groups (broad SMARTS) is 1. The van der Waals surface area contributed by atoms with Crippen molar-refractivity contribution in [2.45, 2.75) is 19.4 Å². The van der Waals surface area contributed by atoms with Crippen molar-refractivity contribution in [3.63, 3.8) is 0 Å². The lowest BCUT2D eigenvalue weighted by molar-refractivity contribution is -0.122. The minimum absolute atomic E-state index is 0.0480. The van der Waals surface area contributed by atoms with Crippen molar-refractivity contribution >= 4 is 206 Å². The maximum atomic E-state index is 15.2. The number of nitrogens with two attached hydrogens (primary N) is 1. The number of fused-ring (bicyclic) bond motifs is 6. The van der Waals surface area contributed by atoms with Gasteiger partial charge in [0.1, 0.15) is 60.5 Å². The molecule has 24 nitrogen and oxygen atoms in total. The van der Waals surface area contributed by atoms with E-state index in [1.165, 1.54) is 139 Å². The van der Waals surface area contributed by atoms with Crippen molar-refractivity contribution in [2.24, 2.45) is 21.1 Å². The van der Waals surface area contributed by atoms with Crippen molar-refractivity contribution < 1.29 is 72.9 Å². The van der Waals surface area contributed by atoms with Crippen LogP contribution in [-0.4, -0.2) is 115 Å². The second-order valence-electron chi connectivity index (χ2n) is 28.1. The van der Waals surface area contributed by atoms with E-state index in [9.17, 15) is 54.3 Å². The Morgan fingerprint density at radius 2 is 0.977 bits per heavy atom. The molecule has 130 heavy (non-hydrogen) atoms. The molecule has 17 aromatic rings. The Balaban J connectivity index is 0.000000144. The van der Waals surface area contributed by atoms with Crippen molar-refractivity contribution in [1.29, 1.82) is 10.5 Å². The molecule has 0 saturated carbocycles. The van der Waals surface area contributed by atoms with Gasteiger partial charge < -0.3 is 31.5 Å². The van der Waals surface area contributed by atoms with Crippen LogP contribution in [-0.2, 0) is 41.9 Å². The molecule has 7 heterocycles. The zero-order valence-electron chi connectivity index (χ0n) is 68.6. The van der Waals surface area contributed by atoms with Crippen LogP contribution < -0.4 is 21.7 Å². The highest BCUT2D eigenvalue weighted by Crippen LogP contribution is 2.33. The van der Waals surface area contributed by atoms with E-state index >= 15 is 8.78 Å². The second-order valence-corrected chi connectivity index (χ2v) is 31.2. The largest absolute Gasteiger partial charge is 0.478 e. The number of carbonyl (C=O) groups is 4. The summed E-state index contributed by atoms with van der Waals surface area (Å²) in [6.07, 6.45) is 13.0. The van der Waals surface area contributed by atoms with Crippen LogP contribution in [0.5, 0.6) is 0 Å². The zero-order valence-corrected chi connectivity index (χ0v) is 73.8. The van der Waals surface area contributed by atoms with Gasteiger partial charge in [-0.15, -0.1) is 11.3 Å². The Labute approximate surface area is 763 Å². The minimum Gasteiger partial charge on any atom is -0.478 e. The molecule has 10 aromatic carbocycles. The molecule has 9 N–H and O–H groups in total. The number of nitrogen functional groups attached to an aromatic ring is 1. The topological polar surface area (TPSA) is 347 Å². The number of ether oxygens (including phenoxy) is 1. The highest BCUT2D eigenvalue weighted by atomic mass is 127. The van der Waals surface area contributed by atoms with Crippen LogP contribution in [0.25, 0.3) is 114 Å². The summed E-state index contributed by atoms with van der Waals surface area (Å²) in [6.45, 7) is 2.14. The van der Waals surface area contributed by atoms with Crippen LogP contribution in [0, 0.1) is 88.2 Å². The number of thiophene rings is 1. The third-order valence-corrected chi connectivity index (χ3v) is 21.7. The van der Waals surface area contributed by atoms with Gasteiger partial charge in [-0.3, -0.25) is 43.7 Å². The van der Waals surface area contributed by atoms with E-state index in [0.29, 0.717) is 103 Å². The number of H-pyrrole nitrogens is 3. The molecule has 0 radical (unpaired) electrons. The maximum absolute atomic E-state index is 15.2. The first-order valence-electron chi connectivity index (χ1n) is 38.6. The number of nitrogens with zero attached hydrogens (tertiary/aromatic N) is 11. The molecule has 0 aliphatic heterocycles. The number of nitriles is 2. The molecule has 1 atom stereocenters. The van der Waals surface area contributed by atoms with Crippen molar-refractivity contribution in [3.05, 3.63) is 325 Å². The number of anilines is 2. The maximum Gasteiger partial charge on any atom is 0.338 e. The fourth-order valence-electron chi connectivity index (χ4n) is 13.0. The summed E-state index contributed by atoms with van der Waals surface area (Å²) in [4.78, 5) is 48.7. The number of methoxy groups -OCH3 is 1. The number of aromatic amines is 3. The molecule has 658 valence electrons. The molecule has 37 heteroatoms. The number of halogens is 12. The fourth-order valence-corrected chi connectivity index (χ4v) is 15.1. The number of rotatable bonds is 18. The van der Waals surface area contributed by atoms with Crippen molar-refractivity contribution in [3.8, 4) is 12.1 Å². The Hall–Kier alpha value is -14.9. The number of aryl methyl sites for hydroxylation is 3. The summed E-state index contributed by atoms with van der Waals surface area (Å²) >= 11 is 5.37. The lowest BCUT2D eigenvalue weighted by Crippen LogP contribution is -2.45. The number of aromatic nitrogens is 12. The van der Waals surface area contributed by atoms with Gasteiger partial charge in [0.2, 0.25) is 11.8 Å². The van der Waals surface area contributed by atoms with Gasteiger partial charge in [-0.05, 0) is 231 Å². The monoisotopic (exact) mass is 2010 g/mol. The lowest BCUT2D eigenvalue weighted by atomic mass is 10.1. The molecule has 0 aliphatic rings. The first-order valence-corrected chi connectivity index (χ1v) is 41.7. The Kier molecular flexibility index (Phi) is 31.2. The number of amides is 3. The number of aromatic carboxylic acids is 1. The number of carbonyl (C=O) groups excluding carboxylic acids is 3. The van der Waals surface area contributed by atoms with Gasteiger partial charge in [0.05, 0.1) is 135 Å². The lowest BCUT2D eigenvalue weighted by Gasteiger charge is -2.14. The van der Waals surface area contributed by atoms with Gasteiger partial charge >= 0.3 is 5.97 Å². The fraction of sp³-hybridized carbons (Fsp3) is 0.0968. The number of carboxylic acids is 1. The number of benzene rings is 10. The van der Waals surface area contributed by atoms with Crippen LogP contribution in [0.3, 0.4) is 0 Å². The summed E-state index contributed by atoms with van der Waals surface area (Å²) in [5.74, 6) is -7.84. The smallest absolute Gasteiger partial charge is 0.338 e. The second kappa shape index (κ2) is 43.0. The number of nitrogens with one attached hydrogen (secondary N) is 6. The average molecular weight is 2010 g/mol. The Bertz CT molecular complexity index is 7350. The molecular weight excluding hydrogens is 1940 g/mol. The summed E-state index contributed by atoms with van der Waals surface area (Å²) in [7, 11) is 6.63. The molecule has 0 unspecified atom stereocenters. The highest BCUT2D eigenvalue weighted by Gasteiger charge is 2.25. The van der Waals surface area contributed by atoms with Crippen LogP contribution in [0.15, 0.2) is 187 Å². The molecule has 0 aliphatic carbocycles. The van der Waals surface area contributed by atoms with E-state index in [4.69, 9.17) is 26.1 Å². The zero-order chi connectivity index (χ0) is 93.1. The van der Waals surface area contributed by atoms with Crippen LogP contribution in [0.1, 0.15) is 88.7 Å². The third kappa shape index (κ3) is 22.7. The number of hydrogen-bond acceptors (Lipinski definition) is 15. The van der Waals surface area contributed by atoms with Crippen LogP contribution in [0.4, 0.5) is 55.3 Å². The van der Waals surface area contributed by atoms with Crippen LogP contribution >= 0.6 is 56.5 Å². The van der Waals surface area contributed by atoms with E-state index in [-0.39, 0.29) is 91.2 Å². The average Bonchev–Trinajstić information content (AvgIpc) is 1.62. The minimum atomic E-state index is -1.34. The summed E-state index contributed by atoms with van der Waals surface area (Å²) in [5.41, 5.74) is 12.4. The van der Waals surface area contributed by atoms with E-state index in [0.717, 1.165) is 4.88 Å². The van der Waals surface area contributed by atoms with Gasteiger partial charge in [0, 0.05) is 39.7 Å². The molecule has 17 rings (SSSR count). The summed E-state index contributed by atoms with van der Waals surface area (Å²) in [5, 5.41) is 70.3. The van der Waals surface area contributed by atoms with Crippen molar-refractivity contribution in [1.82, 2.24) is 70.6 Å². The molecule has 3 amide bonds. The summed E-state index contributed by atoms with van der Waals surface area (Å²) < 4.78 is 150. The van der Waals surface area contributed by atoms with Gasteiger partial charge in [-0.1, -0.05) is 78.9 Å². The third-order valence-electron chi connectivity index (χ3n) is 19.3. The first-order chi connectivity index (χ1) is 62.4. The van der Waals surface area contributed by atoms with Gasteiger partial charge in [0.25, 0.3) is 5.91 Å². The first kappa shape index (κ1) is 94.2. The molecule has 0 saturated heterocycles. The predicted molar refractivity (Wildman–Crippen MR) is 496 cm³/mol. The summed E-state index contributed by atoms with van der Waals surface area (Å²) in [6, 6.07) is 48.7. The van der Waals surface area contributed by atoms with E-state index in [1.54, 1.807) is 146 Å². The standard InChI is InChI=1S/C22H22F2N4O3.C21H15F2N3OS.C17H12F2N2O2.C16H13F2N3.C9H5FIN3.C8H3FIN3/c1-13(21(29)25-10-11-31-2)26-22(30)16-7-9-18-19(20(16)24)17(27-28-18)8-6-14-4-3-5-15(23)12-14;22-14-4-1-3-13(11-14)6-7-16-20-17(26-25-16)8-9-18(21(20)23)24-19(27)12-15-5-2-10-28-15;1-21-14-8-6-12(17(22)23)16(19)15(14)13(20-21)7-5-10-3-2-4-11(18)9-10;1-21-14-8-6-12(19)16(18)15(14)13(20-21)7-5-10-3-2-4-11(17)9-10;1-14-6-3-2-5(4-12)8(10)7(6)9(11)13-14;9-7-4(3-11)1-2-5-6(7)8(10)13-12-5/h3-9,12-13H,10-11H2,1-2H3,(H,25,29)(H,26,30)(H,27,28);1-11H,12H2,(H,24,27)(H,25,26);2-9H,1H3,(H,22,23);2-9H,19H2,1H3;2-3H,1H3;1-2H,(H,12,13)/b8-6+;7-6+;2*7-5+;;/t13-;;;;;/m0...../s1. The van der Waals surface area contributed by atoms with Gasteiger partial charge in [-0.25, -0.2) is 48.7 Å². The normalized spacial score (nSPS) is 11.4. The van der Waals surface area contributed by atoms with Crippen LogP contribution in [0.2, 0.25) is 0 Å². The molecule has 0 fully saturated rings.